The van der Waals surface area contributed by atoms with Gasteiger partial charge in [-0.25, -0.2) is 4.98 Å². The fraction of sp³-hybridized carbons (Fsp3) is 0.500. The van der Waals surface area contributed by atoms with Gasteiger partial charge in [-0.2, -0.15) is 0 Å². The van der Waals surface area contributed by atoms with Gasteiger partial charge in [0.2, 0.25) is 11.0 Å². The first-order valence-electron chi connectivity index (χ1n) is 6.90. The summed E-state index contributed by atoms with van der Waals surface area (Å²) in [4.78, 5) is 6.50. The van der Waals surface area contributed by atoms with Gasteiger partial charge < -0.3 is 9.64 Å². The second kappa shape index (κ2) is 6.17. The lowest BCUT2D eigenvalue weighted by Crippen LogP contribution is -2.35. The highest BCUT2D eigenvalue weighted by Gasteiger charge is 2.22. The van der Waals surface area contributed by atoms with Crippen molar-refractivity contribution in [3.05, 3.63) is 29.4 Å². The minimum Gasteiger partial charge on any atom is -0.477 e. The zero-order chi connectivity index (χ0) is 13.8. The third-order valence-corrected chi connectivity index (χ3v) is 4.40. The highest BCUT2D eigenvalue weighted by molar-refractivity contribution is 7.15. The fourth-order valence-electron chi connectivity index (χ4n) is 2.34. The SMILES string of the molecule is Cc1nnc(N2CCC(COc3ccccn3)CC2)s1. The largest absolute Gasteiger partial charge is 0.477 e. The Kier molecular flexibility index (Phi) is 4.11. The predicted octanol–water partition coefficient (Wildman–Crippen LogP) is 2.54. The van der Waals surface area contributed by atoms with E-state index < -0.39 is 0 Å². The molecule has 1 aliphatic rings. The van der Waals surface area contributed by atoms with Crippen LogP contribution in [0.1, 0.15) is 17.8 Å². The molecule has 3 heterocycles. The van der Waals surface area contributed by atoms with Gasteiger partial charge in [-0.05, 0) is 31.7 Å². The van der Waals surface area contributed by atoms with E-state index in [2.05, 4.69) is 20.1 Å². The summed E-state index contributed by atoms with van der Waals surface area (Å²) in [6.45, 7) is 4.81. The van der Waals surface area contributed by atoms with Crippen LogP contribution in [0.3, 0.4) is 0 Å². The maximum Gasteiger partial charge on any atom is 0.213 e. The Hall–Kier alpha value is -1.69. The van der Waals surface area contributed by atoms with Crippen molar-refractivity contribution >= 4 is 16.5 Å². The van der Waals surface area contributed by atoms with Crippen molar-refractivity contribution in [1.82, 2.24) is 15.2 Å². The number of piperidine rings is 1. The maximum atomic E-state index is 5.74. The summed E-state index contributed by atoms with van der Waals surface area (Å²) in [7, 11) is 0. The van der Waals surface area contributed by atoms with E-state index >= 15 is 0 Å². The van der Waals surface area contributed by atoms with E-state index in [1.54, 1.807) is 17.5 Å². The summed E-state index contributed by atoms with van der Waals surface area (Å²) in [6.07, 6.45) is 4.02. The molecule has 0 atom stereocenters. The van der Waals surface area contributed by atoms with E-state index in [0.717, 1.165) is 48.6 Å². The van der Waals surface area contributed by atoms with Crippen LogP contribution in [0.15, 0.2) is 24.4 Å². The lowest BCUT2D eigenvalue weighted by Gasteiger charge is -2.31. The van der Waals surface area contributed by atoms with Crippen molar-refractivity contribution in [2.24, 2.45) is 5.92 Å². The molecule has 2 aromatic heterocycles. The summed E-state index contributed by atoms with van der Waals surface area (Å²) in [5.41, 5.74) is 0. The zero-order valence-electron chi connectivity index (χ0n) is 11.5. The molecule has 0 unspecified atom stereocenters. The van der Waals surface area contributed by atoms with Crippen LogP contribution >= 0.6 is 11.3 Å². The topological polar surface area (TPSA) is 51.1 Å². The molecule has 2 aromatic rings. The van der Waals surface area contributed by atoms with Crippen LogP contribution in [-0.4, -0.2) is 34.9 Å². The molecular formula is C14H18N4OS. The molecule has 0 bridgehead atoms. The summed E-state index contributed by atoms with van der Waals surface area (Å²) in [6, 6.07) is 5.75. The van der Waals surface area contributed by atoms with Crippen LogP contribution in [0.4, 0.5) is 5.13 Å². The fourth-order valence-corrected chi connectivity index (χ4v) is 3.08. The Balaban J connectivity index is 1.47. The number of ether oxygens (including phenoxy) is 1. The smallest absolute Gasteiger partial charge is 0.213 e. The van der Waals surface area contributed by atoms with Crippen LogP contribution < -0.4 is 9.64 Å². The normalized spacial score (nSPS) is 16.4. The van der Waals surface area contributed by atoms with Crippen molar-refractivity contribution in [3.63, 3.8) is 0 Å². The van der Waals surface area contributed by atoms with E-state index in [1.807, 2.05) is 25.1 Å². The first kappa shape index (κ1) is 13.3. The van der Waals surface area contributed by atoms with Crippen LogP contribution in [0, 0.1) is 12.8 Å². The maximum absolute atomic E-state index is 5.74. The minimum absolute atomic E-state index is 0.599. The molecule has 3 rings (SSSR count). The Labute approximate surface area is 122 Å². The average molecular weight is 290 g/mol. The number of anilines is 1. The zero-order valence-corrected chi connectivity index (χ0v) is 12.3. The van der Waals surface area contributed by atoms with Gasteiger partial charge in [0.1, 0.15) is 5.01 Å². The molecule has 20 heavy (non-hydrogen) atoms. The number of hydrogen-bond donors (Lipinski definition) is 0. The number of pyridine rings is 1. The number of aryl methyl sites for hydroxylation is 1. The summed E-state index contributed by atoms with van der Waals surface area (Å²) < 4.78 is 5.74. The standard InChI is InChI=1S/C14H18N4OS/c1-11-16-17-14(20-11)18-8-5-12(6-9-18)10-19-13-4-2-3-7-15-13/h2-4,7,12H,5-6,8-10H2,1H3. The van der Waals surface area contributed by atoms with Crippen molar-refractivity contribution in [1.29, 1.82) is 0 Å². The van der Waals surface area contributed by atoms with Gasteiger partial charge in [0.05, 0.1) is 6.61 Å². The average Bonchev–Trinajstić information content (AvgIpc) is 2.93. The third kappa shape index (κ3) is 3.25. The van der Waals surface area contributed by atoms with E-state index in [1.165, 1.54) is 0 Å². The van der Waals surface area contributed by atoms with E-state index in [-0.39, 0.29) is 0 Å². The van der Waals surface area contributed by atoms with Crippen LogP contribution in [0.25, 0.3) is 0 Å². The molecular weight excluding hydrogens is 272 g/mol. The van der Waals surface area contributed by atoms with Gasteiger partial charge in [-0.1, -0.05) is 17.4 Å². The van der Waals surface area contributed by atoms with Crippen molar-refractivity contribution in [2.75, 3.05) is 24.6 Å². The van der Waals surface area contributed by atoms with Gasteiger partial charge in [0, 0.05) is 25.4 Å². The van der Waals surface area contributed by atoms with Crippen LogP contribution in [-0.2, 0) is 0 Å². The third-order valence-electron chi connectivity index (χ3n) is 3.51. The van der Waals surface area contributed by atoms with Crippen molar-refractivity contribution in [2.45, 2.75) is 19.8 Å². The number of hydrogen-bond acceptors (Lipinski definition) is 6. The van der Waals surface area contributed by atoms with Crippen LogP contribution in [0.2, 0.25) is 0 Å². The molecule has 0 N–H and O–H groups in total. The molecule has 1 aliphatic heterocycles. The molecule has 1 saturated heterocycles. The van der Waals surface area contributed by atoms with Crippen LogP contribution in [0.5, 0.6) is 5.88 Å². The summed E-state index contributed by atoms with van der Waals surface area (Å²) >= 11 is 1.67. The second-order valence-electron chi connectivity index (χ2n) is 5.01. The lowest BCUT2D eigenvalue weighted by molar-refractivity contribution is 0.216. The van der Waals surface area contributed by atoms with Gasteiger partial charge in [0.15, 0.2) is 0 Å². The quantitative estimate of drug-likeness (QED) is 0.866. The number of nitrogens with zero attached hydrogens (tertiary/aromatic N) is 4. The molecule has 1 fully saturated rings. The van der Waals surface area contributed by atoms with Gasteiger partial charge in [-0.15, -0.1) is 10.2 Å². The molecule has 106 valence electrons. The predicted molar refractivity (Wildman–Crippen MR) is 79.3 cm³/mol. The molecule has 0 amide bonds. The van der Waals surface area contributed by atoms with Crippen molar-refractivity contribution in [3.8, 4) is 5.88 Å². The Morgan fingerprint density at radius 1 is 1.30 bits per heavy atom. The van der Waals surface area contributed by atoms with Gasteiger partial charge >= 0.3 is 0 Å². The Morgan fingerprint density at radius 3 is 2.80 bits per heavy atom. The molecule has 0 saturated carbocycles. The van der Waals surface area contributed by atoms with E-state index in [9.17, 15) is 0 Å². The molecule has 0 aliphatic carbocycles. The monoisotopic (exact) mass is 290 g/mol. The van der Waals surface area contributed by atoms with E-state index in [0.29, 0.717) is 5.92 Å². The Morgan fingerprint density at radius 2 is 2.15 bits per heavy atom. The lowest BCUT2D eigenvalue weighted by atomic mass is 9.98. The number of rotatable bonds is 4. The molecule has 0 radical (unpaired) electrons. The first-order valence-corrected chi connectivity index (χ1v) is 7.72. The highest BCUT2D eigenvalue weighted by Crippen LogP contribution is 2.26. The number of aromatic nitrogens is 3. The summed E-state index contributed by atoms with van der Waals surface area (Å²) in [5, 5.41) is 10.4. The highest BCUT2D eigenvalue weighted by atomic mass is 32.1. The van der Waals surface area contributed by atoms with Gasteiger partial charge in [-0.3, -0.25) is 0 Å². The Bertz CT molecular complexity index is 537. The molecule has 0 aromatic carbocycles. The van der Waals surface area contributed by atoms with Crippen molar-refractivity contribution < 1.29 is 4.74 Å². The first-order chi connectivity index (χ1) is 9.81. The minimum atomic E-state index is 0.599. The second-order valence-corrected chi connectivity index (χ2v) is 6.17. The molecule has 0 spiro atoms. The van der Waals surface area contributed by atoms with Gasteiger partial charge in [0.25, 0.3) is 0 Å². The summed E-state index contributed by atoms with van der Waals surface area (Å²) in [5.74, 6) is 1.32. The van der Waals surface area contributed by atoms with E-state index in [4.69, 9.17) is 4.74 Å². The molecule has 5 nitrogen and oxygen atoms in total. The molecule has 6 heteroatoms.